The van der Waals surface area contributed by atoms with E-state index in [1.54, 1.807) is 11.3 Å². The lowest BCUT2D eigenvalue weighted by Crippen LogP contribution is -2.30. The SMILES string of the molecule is Cc1sc(C2CSCCN2)nc1-c1cccc(Cl)c1. The Bertz CT molecular complexity index is 577. The summed E-state index contributed by atoms with van der Waals surface area (Å²) in [5, 5.41) is 5.50. The van der Waals surface area contributed by atoms with Crippen molar-refractivity contribution >= 4 is 34.7 Å². The zero-order valence-corrected chi connectivity index (χ0v) is 13.0. The van der Waals surface area contributed by atoms with E-state index in [-0.39, 0.29) is 0 Å². The van der Waals surface area contributed by atoms with Crippen LogP contribution in [0.2, 0.25) is 5.02 Å². The van der Waals surface area contributed by atoms with Crippen LogP contribution in [0.5, 0.6) is 0 Å². The Balaban J connectivity index is 1.92. The lowest BCUT2D eigenvalue weighted by atomic mass is 10.1. The van der Waals surface area contributed by atoms with E-state index in [2.05, 4.69) is 18.3 Å². The van der Waals surface area contributed by atoms with Gasteiger partial charge >= 0.3 is 0 Å². The van der Waals surface area contributed by atoms with E-state index in [0.717, 1.165) is 28.6 Å². The van der Waals surface area contributed by atoms with Crippen LogP contribution in [0.1, 0.15) is 15.9 Å². The van der Waals surface area contributed by atoms with Crippen molar-refractivity contribution < 1.29 is 0 Å². The maximum absolute atomic E-state index is 6.06. The number of benzene rings is 1. The summed E-state index contributed by atoms with van der Waals surface area (Å²) >= 11 is 9.85. The van der Waals surface area contributed by atoms with Crippen molar-refractivity contribution in [2.24, 2.45) is 0 Å². The molecular weight excluding hydrogens is 296 g/mol. The molecule has 100 valence electrons. The molecule has 5 heteroatoms. The first kappa shape index (κ1) is 13.4. The molecule has 1 saturated heterocycles. The molecule has 2 nitrogen and oxygen atoms in total. The van der Waals surface area contributed by atoms with Gasteiger partial charge < -0.3 is 5.32 Å². The van der Waals surface area contributed by atoms with Crippen molar-refractivity contribution in [3.05, 3.63) is 39.2 Å². The van der Waals surface area contributed by atoms with Crippen LogP contribution in [0, 0.1) is 6.92 Å². The number of nitrogens with zero attached hydrogens (tertiary/aromatic N) is 1. The van der Waals surface area contributed by atoms with E-state index in [4.69, 9.17) is 16.6 Å². The fourth-order valence-corrected chi connectivity index (χ4v) is 4.45. The smallest absolute Gasteiger partial charge is 0.111 e. The van der Waals surface area contributed by atoms with Crippen molar-refractivity contribution in [2.45, 2.75) is 13.0 Å². The summed E-state index contributed by atoms with van der Waals surface area (Å²) in [5.74, 6) is 2.31. The first-order chi connectivity index (χ1) is 9.24. The highest BCUT2D eigenvalue weighted by Crippen LogP contribution is 2.33. The molecule has 1 aliphatic heterocycles. The van der Waals surface area contributed by atoms with Gasteiger partial charge in [0.15, 0.2) is 0 Å². The van der Waals surface area contributed by atoms with Gasteiger partial charge in [-0.05, 0) is 19.1 Å². The Morgan fingerprint density at radius 1 is 1.42 bits per heavy atom. The van der Waals surface area contributed by atoms with Gasteiger partial charge in [0.2, 0.25) is 0 Å². The number of hydrogen-bond donors (Lipinski definition) is 1. The van der Waals surface area contributed by atoms with E-state index >= 15 is 0 Å². The monoisotopic (exact) mass is 310 g/mol. The number of hydrogen-bond acceptors (Lipinski definition) is 4. The molecule has 1 aliphatic rings. The summed E-state index contributed by atoms with van der Waals surface area (Å²) in [5.41, 5.74) is 2.18. The molecule has 0 aliphatic carbocycles. The minimum Gasteiger partial charge on any atom is -0.306 e. The largest absolute Gasteiger partial charge is 0.306 e. The molecule has 1 atom stereocenters. The number of nitrogens with one attached hydrogen (secondary N) is 1. The third-order valence-electron chi connectivity index (χ3n) is 3.13. The maximum atomic E-state index is 6.06. The normalized spacial score (nSPS) is 19.6. The van der Waals surface area contributed by atoms with E-state index in [1.807, 2.05) is 30.0 Å². The van der Waals surface area contributed by atoms with Crippen LogP contribution in [0.15, 0.2) is 24.3 Å². The topological polar surface area (TPSA) is 24.9 Å². The highest BCUT2D eigenvalue weighted by molar-refractivity contribution is 7.99. The lowest BCUT2D eigenvalue weighted by Gasteiger charge is -2.20. The summed E-state index contributed by atoms with van der Waals surface area (Å²) in [7, 11) is 0. The standard InChI is InChI=1S/C14H15ClN2S2/c1-9-13(10-3-2-4-11(15)7-10)17-14(19-9)12-8-18-6-5-16-12/h2-4,7,12,16H,5-6,8H2,1H3. The van der Waals surface area contributed by atoms with Gasteiger partial charge in [0, 0.05) is 33.5 Å². The van der Waals surface area contributed by atoms with E-state index in [1.165, 1.54) is 15.6 Å². The summed E-state index contributed by atoms with van der Waals surface area (Å²) in [4.78, 5) is 6.09. The lowest BCUT2D eigenvalue weighted by molar-refractivity contribution is 0.592. The second-order valence-corrected chi connectivity index (χ2v) is 7.37. The quantitative estimate of drug-likeness (QED) is 0.902. The Morgan fingerprint density at radius 3 is 3.05 bits per heavy atom. The zero-order chi connectivity index (χ0) is 13.2. The number of halogens is 1. The molecule has 0 amide bonds. The Morgan fingerprint density at radius 2 is 2.32 bits per heavy atom. The van der Waals surface area contributed by atoms with E-state index in [9.17, 15) is 0 Å². The first-order valence-electron chi connectivity index (χ1n) is 6.28. The predicted molar refractivity (Wildman–Crippen MR) is 85.4 cm³/mol. The Labute approximate surface area is 126 Å². The number of aryl methyl sites for hydroxylation is 1. The van der Waals surface area contributed by atoms with Crippen LogP contribution in [0.3, 0.4) is 0 Å². The highest BCUT2D eigenvalue weighted by atomic mass is 35.5. The molecule has 0 radical (unpaired) electrons. The molecule has 1 fully saturated rings. The number of aromatic nitrogens is 1. The maximum Gasteiger partial charge on any atom is 0.111 e. The first-order valence-corrected chi connectivity index (χ1v) is 8.63. The highest BCUT2D eigenvalue weighted by Gasteiger charge is 2.20. The van der Waals surface area contributed by atoms with Crippen LogP contribution >= 0.6 is 34.7 Å². The van der Waals surface area contributed by atoms with Gasteiger partial charge in [-0.15, -0.1) is 11.3 Å². The van der Waals surface area contributed by atoms with Crippen molar-refractivity contribution in [1.82, 2.24) is 10.3 Å². The van der Waals surface area contributed by atoms with Gasteiger partial charge in [0.05, 0.1) is 11.7 Å². The molecule has 1 aromatic heterocycles. The number of rotatable bonds is 2. The van der Waals surface area contributed by atoms with Crippen LogP contribution in [0.4, 0.5) is 0 Å². The average Bonchev–Trinajstić information content (AvgIpc) is 2.82. The van der Waals surface area contributed by atoms with Gasteiger partial charge in [-0.3, -0.25) is 0 Å². The van der Waals surface area contributed by atoms with Crippen molar-refractivity contribution in [3.8, 4) is 11.3 Å². The fraction of sp³-hybridized carbons (Fsp3) is 0.357. The van der Waals surface area contributed by atoms with Gasteiger partial charge in [-0.2, -0.15) is 11.8 Å². The Kier molecular flexibility index (Phi) is 4.12. The molecule has 2 heterocycles. The third kappa shape index (κ3) is 2.97. The minimum atomic E-state index is 0.399. The van der Waals surface area contributed by atoms with Gasteiger partial charge in [0.1, 0.15) is 5.01 Å². The Hall–Kier alpha value is -0.550. The molecule has 3 rings (SSSR count). The summed E-state index contributed by atoms with van der Waals surface area (Å²) in [6.07, 6.45) is 0. The van der Waals surface area contributed by atoms with Crippen LogP contribution in [0.25, 0.3) is 11.3 Å². The molecule has 0 saturated carbocycles. The van der Waals surface area contributed by atoms with Gasteiger partial charge in [-0.1, -0.05) is 23.7 Å². The second-order valence-electron chi connectivity index (χ2n) is 4.55. The third-order valence-corrected chi connectivity index (χ3v) is 5.51. The van der Waals surface area contributed by atoms with Crippen LogP contribution in [-0.2, 0) is 0 Å². The van der Waals surface area contributed by atoms with E-state index in [0.29, 0.717) is 6.04 Å². The summed E-state index contributed by atoms with van der Waals surface area (Å²) < 4.78 is 0. The van der Waals surface area contributed by atoms with Crippen LogP contribution in [-0.4, -0.2) is 23.0 Å². The molecule has 1 N–H and O–H groups in total. The summed E-state index contributed by atoms with van der Waals surface area (Å²) in [6, 6.07) is 8.32. The minimum absolute atomic E-state index is 0.399. The molecule has 0 bridgehead atoms. The molecular formula is C14H15ClN2S2. The van der Waals surface area contributed by atoms with E-state index < -0.39 is 0 Å². The van der Waals surface area contributed by atoms with Gasteiger partial charge in [0.25, 0.3) is 0 Å². The van der Waals surface area contributed by atoms with Crippen molar-refractivity contribution in [3.63, 3.8) is 0 Å². The number of thiazole rings is 1. The predicted octanol–water partition coefficient (Wildman–Crippen LogP) is 4.15. The molecule has 1 unspecified atom stereocenters. The molecule has 2 aromatic rings. The summed E-state index contributed by atoms with van der Waals surface area (Å²) in [6.45, 7) is 3.20. The van der Waals surface area contributed by atoms with Crippen molar-refractivity contribution in [2.75, 3.05) is 18.1 Å². The fourth-order valence-electron chi connectivity index (χ4n) is 2.19. The van der Waals surface area contributed by atoms with Crippen LogP contribution < -0.4 is 5.32 Å². The molecule has 0 spiro atoms. The number of thioether (sulfide) groups is 1. The van der Waals surface area contributed by atoms with Crippen molar-refractivity contribution in [1.29, 1.82) is 0 Å². The molecule has 1 aromatic carbocycles. The second kappa shape index (κ2) is 5.83. The zero-order valence-electron chi connectivity index (χ0n) is 10.6. The average molecular weight is 311 g/mol. The van der Waals surface area contributed by atoms with Gasteiger partial charge in [-0.25, -0.2) is 4.98 Å². The molecule has 19 heavy (non-hydrogen) atoms.